The number of methoxy groups -OCH3 is 1. The Morgan fingerprint density at radius 2 is 2.14 bits per heavy atom. The number of aromatic nitrogens is 1. The topological polar surface area (TPSA) is 109 Å². The number of benzene rings is 1. The monoisotopic (exact) mass is 306 g/mol. The van der Waals surface area contributed by atoms with Crippen LogP contribution in [-0.4, -0.2) is 47.4 Å². The van der Waals surface area contributed by atoms with E-state index in [1.165, 1.54) is 7.11 Å². The predicted octanol–water partition coefficient (Wildman–Crippen LogP) is 1.19. The Kier molecular flexibility index (Phi) is 6.78. The van der Waals surface area contributed by atoms with Crippen molar-refractivity contribution in [2.45, 2.75) is 13.0 Å². The van der Waals surface area contributed by atoms with E-state index < -0.39 is 12.1 Å². The van der Waals surface area contributed by atoms with Gasteiger partial charge in [0.05, 0.1) is 13.7 Å². The molecule has 0 saturated carbocycles. The number of pyridine rings is 1. The molecule has 118 valence electrons. The number of aliphatic hydroxyl groups excluding tert-OH is 1. The lowest BCUT2D eigenvalue weighted by Gasteiger charge is -2.12. The smallest absolute Gasteiger partial charge is 0.336 e. The summed E-state index contributed by atoms with van der Waals surface area (Å²) in [4.78, 5) is 23.7. The van der Waals surface area contributed by atoms with Gasteiger partial charge in [-0.3, -0.25) is 4.79 Å². The normalized spacial score (nSPS) is 11.0. The molecule has 0 aliphatic rings. The third kappa shape index (κ3) is 4.71. The van der Waals surface area contributed by atoms with E-state index in [1.54, 1.807) is 6.20 Å². The van der Waals surface area contributed by atoms with Gasteiger partial charge in [-0.25, -0.2) is 9.78 Å². The van der Waals surface area contributed by atoms with Gasteiger partial charge in [0.2, 0.25) is 0 Å². The molecule has 1 atom stereocenters. The molecule has 22 heavy (non-hydrogen) atoms. The maximum absolute atomic E-state index is 11.1. The predicted molar refractivity (Wildman–Crippen MR) is 81.7 cm³/mol. The van der Waals surface area contributed by atoms with Crippen molar-refractivity contribution in [3.05, 3.63) is 36.0 Å². The second kappa shape index (κ2) is 8.58. The van der Waals surface area contributed by atoms with Crippen LogP contribution in [0.4, 0.5) is 5.82 Å². The minimum atomic E-state index is -1.20. The molecule has 0 spiro atoms. The molecular weight excluding hydrogens is 288 g/mol. The Hall–Kier alpha value is -2.67. The maximum Gasteiger partial charge on any atom is 0.336 e. The minimum absolute atomic E-state index is 0.0622. The number of ether oxygens (including phenoxy) is 1. The molecule has 7 heteroatoms. The molecule has 1 aromatic heterocycles. The minimum Gasteiger partial charge on any atom is -0.483 e. The Morgan fingerprint density at radius 1 is 1.45 bits per heavy atom. The molecule has 0 aliphatic heterocycles. The van der Waals surface area contributed by atoms with Crippen molar-refractivity contribution in [3.63, 3.8) is 0 Å². The van der Waals surface area contributed by atoms with Gasteiger partial charge in [-0.05, 0) is 24.4 Å². The molecule has 0 radical (unpaired) electrons. The van der Waals surface area contributed by atoms with Crippen molar-refractivity contribution in [2.75, 3.05) is 19.0 Å². The van der Waals surface area contributed by atoms with Crippen LogP contribution in [-0.2, 0) is 14.3 Å². The van der Waals surface area contributed by atoms with Crippen LogP contribution in [0.25, 0.3) is 10.8 Å². The summed E-state index contributed by atoms with van der Waals surface area (Å²) < 4.78 is 4.46. The average Bonchev–Trinajstić information content (AvgIpc) is 2.52. The highest BCUT2D eigenvalue weighted by molar-refractivity contribution is 5.92. The summed E-state index contributed by atoms with van der Waals surface area (Å²) >= 11 is 0. The third-order valence-corrected chi connectivity index (χ3v) is 2.86. The number of aryl methyl sites for hydroxylation is 1. The number of rotatable bonds is 4. The molecule has 1 aromatic carbocycles. The van der Waals surface area contributed by atoms with Crippen LogP contribution in [0, 0.1) is 6.92 Å². The quantitative estimate of drug-likeness (QED) is 0.575. The molecule has 0 aliphatic carbocycles. The molecule has 1 heterocycles. The van der Waals surface area contributed by atoms with Gasteiger partial charge in [-0.2, -0.15) is 0 Å². The number of hydrogen-bond acceptors (Lipinski definition) is 6. The fourth-order valence-corrected chi connectivity index (χ4v) is 1.84. The van der Waals surface area contributed by atoms with Gasteiger partial charge in [0.15, 0.2) is 6.10 Å². The number of anilines is 1. The summed E-state index contributed by atoms with van der Waals surface area (Å²) in [6.07, 6.45) is 0.483. The zero-order valence-corrected chi connectivity index (χ0v) is 12.3. The van der Waals surface area contributed by atoms with Crippen LogP contribution < -0.4 is 5.32 Å². The first-order chi connectivity index (χ1) is 10.5. The second-order valence-electron chi connectivity index (χ2n) is 4.41. The van der Waals surface area contributed by atoms with Crippen LogP contribution in [0.5, 0.6) is 0 Å². The fraction of sp³-hybridized carbons (Fsp3) is 0.267. The molecule has 0 bridgehead atoms. The lowest BCUT2D eigenvalue weighted by molar-refractivity contribution is -0.149. The largest absolute Gasteiger partial charge is 0.483 e. The Labute approximate surface area is 127 Å². The molecule has 7 nitrogen and oxygen atoms in total. The van der Waals surface area contributed by atoms with E-state index >= 15 is 0 Å². The summed E-state index contributed by atoms with van der Waals surface area (Å²) in [7, 11) is 1.24. The van der Waals surface area contributed by atoms with Gasteiger partial charge in [0.1, 0.15) is 5.82 Å². The van der Waals surface area contributed by atoms with Gasteiger partial charge in [0, 0.05) is 11.6 Å². The van der Waals surface area contributed by atoms with Crippen LogP contribution in [0.3, 0.4) is 0 Å². The number of carbonyl (C=O) groups is 2. The maximum atomic E-state index is 11.1. The summed E-state index contributed by atoms with van der Waals surface area (Å²) in [6, 6.07) is 7.95. The number of carboxylic acid groups (broad SMARTS) is 1. The van der Waals surface area contributed by atoms with Crippen molar-refractivity contribution < 1.29 is 24.5 Å². The Bertz CT molecular complexity index is 645. The van der Waals surface area contributed by atoms with E-state index in [1.807, 2.05) is 31.2 Å². The van der Waals surface area contributed by atoms with Crippen molar-refractivity contribution in [3.8, 4) is 0 Å². The second-order valence-corrected chi connectivity index (χ2v) is 4.41. The lowest BCUT2D eigenvalue weighted by atomic mass is 10.1. The zero-order chi connectivity index (χ0) is 16.5. The van der Waals surface area contributed by atoms with E-state index in [4.69, 9.17) is 9.90 Å². The van der Waals surface area contributed by atoms with E-state index in [0.717, 1.165) is 16.3 Å². The molecule has 3 N–H and O–H groups in total. The van der Waals surface area contributed by atoms with E-state index in [9.17, 15) is 9.90 Å². The SMILES string of the molecule is COC(=O)[C@H](O)CNc1nccc2ccc(C)cc12.O=CO. The molecule has 0 saturated heterocycles. The molecule has 0 amide bonds. The first-order valence-corrected chi connectivity index (χ1v) is 6.46. The lowest BCUT2D eigenvalue weighted by Crippen LogP contribution is -2.29. The van der Waals surface area contributed by atoms with Gasteiger partial charge >= 0.3 is 5.97 Å². The molecule has 0 unspecified atom stereocenters. The summed E-state index contributed by atoms with van der Waals surface area (Å²) in [5.74, 6) is -0.0203. The van der Waals surface area contributed by atoms with Gasteiger partial charge in [0.25, 0.3) is 6.47 Å². The number of aliphatic hydroxyl groups is 1. The van der Waals surface area contributed by atoms with E-state index in [-0.39, 0.29) is 13.0 Å². The molecular formula is C15H18N2O5. The Morgan fingerprint density at radius 3 is 2.77 bits per heavy atom. The first kappa shape index (κ1) is 17.4. The molecule has 2 rings (SSSR count). The van der Waals surface area contributed by atoms with Crippen LogP contribution in [0.2, 0.25) is 0 Å². The highest BCUT2D eigenvalue weighted by atomic mass is 16.5. The van der Waals surface area contributed by atoms with Gasteiger partial charge in [-0.1, -0.05) is 17.7 Å². The van der Waals surface area contributed by atoms with Crippen molar-refractivity contribution >= 4 is 29.0 Å². The van der Waals surface area contributed by atoms with Gasteiger partial charge in [-0.15, -0.1) is 0 Å². The zero-order valence-electron chi connectivity index (χ0n) is 12.3. The van der Waals surface area contributed by atoms with Crippen LogP contribution in [0.15, 0.2) is 30.5 Å². The molecule has 2 aromatic rings. The number of hydrogen-bond donors (Lipinski definition) is 3. The van der Waals surface area contributed by atoms with Gasteiger partial charge < -0.3 is 20.3 Å². The average molecular weight is 306 g/mol. The summed E-state index contributed by atoms with van der Waals surface area (Å²) in [5, 5.41) is 21.4. The number of nitrogens with zero attached hydrogens (tertiary/aromatic N) is 1. The van der Waals surface area contributed by atoms with Crippen LogP contribution in [0.1, 0.15) is 5.56 Å². The summed E-state index contributed by atoms with van der Waals surface area (Å²) in [5.41, 5.74) is 1.12. The number of carbonyl (C=O) groups excluding carboxylic acids is 1. The fourth-order valence-electron chi connectivity index (χ4n) is 1.84. The number of fused-ring (bicyclic) bond motifs is 1. The standard InChI is InChI=1S/C14H16N2O3.CH2O2/c1-9-3-4-10-5-6-15-13(11(10)7-9)16-8-12(17)14(18)19-2;2-1-3/h3-7,12,17H,8H2,1-2H3,(H,15,16);1H,(H,2,3)/t12-;/m1./s1. The highest BCUT2D eigenvalue weighted by Crippen LogP contribution is 2.22. The van der Waals surface area contributed by atoms with Crippen LogP contribution >= 0.6 is 0 Å². The van der Waals surface area contributed by atoms with Crippen molar-refractivity contribution in [1.29, 1.82) is 0 Å². The summed E-state index contributed by atoms with van der Waals surface area (Å²) in [6.45, 7) is 1.81. The number of nitrogens with one attached hydrogen (secondary N) is 1. The van der Waals surface area contributed by atoms with Crippen molar-refractivity contribution in [1.82, 2.24) is 4.98 Å². The Balaban J connectivity index is 0.000000745. The van der Waals surface area contributed by atoms with E-state index in [0.29, 0.717) is 5.82 Å². The third-order valence-electron chi connectivity index (χ3n) is 2.86. The first-order valence-electron chi connectivity index (χ1n) is 6.46. The molecule has 0 fully saturated rings. The van der Waals surface area contributed by atoms with E-state index in [2.05, 4.69) is 15.0 Å². The van der Waals surface area contributed by atoms with Crippen molar-refractivity contribution in [2.24, 2.45) is 0 Å². The highest BCUT2D eigenvalue weighted by Gasteiger charge is 2.15. The number of esters is 1.